The highest BCUT2D eigenvalue weighted by Gasteiger charge is 2.09. The second kappa shape index (κ2) is 10.0. The van der Waals surface area contributed by atoms with Crippen molar-refractivity contribution >= 4 is 41.1 Å². The van der Waals surface area contributed by atoms with E-state index in [1.54, 1.807) is 30.0 Å². The fourth-order valence-electron chi connectivity index (χ4n) is 2.01. The molecule has 1 aromatic carbocycles. The smallest absolute Gasteiger partial charge is 0.337 e. The first-order valence-electron chi connectivity index (χ1n) is 7.81. The van der Waals surface area contributed by atoms with Crippen LogP contribution in [0.25, 0.3) is 0 Å². The molecule has 0 saturated carbocycles. The SMILES string of the molecule is CCSCc1cc(=O)[nH]c(SCC(=O)Nc2cccc(C(=O)OC)c2)n1. The minimum atomic E-state index is -0.473. The van der Waals surface area contributed by atoms with Crippen LogP contribution in [0.2, 0.25) is 0 Å². The van der Waals surface area contributed by atoms with Crippen LogP contribution in [-0.4, -0.2) is 40.5 Å². The first kappa shape index (κ1) is 20.1. The maximum atomic E-state index is 12.1. The van der Waals surface area contributed by atoms with Gasteiger partial charge in [-0.25, -0.2) is 9.78 Å². The number of aromatic nitrogens is 2. The number of methoxy groups -OCH3 is 1. The molecule has 0 spiro atoms. The number of carbonyl (C=O) groups excluding carboxylic acids is 2. The van der Waals surface area contributed by atoms with Gasteiger partial charge in [-0.1, -0.05) is 24.8 Å². The molecule has 0 radical (unpaired) electrons. The molecule has 0 bridgehead atoms. The average molecular weight is 393 g/mol. The lowest BCUT2D eigenvalue weighted by atomic mass is 10.2. The molecule has 1 heterocycles. The van der Waals surface area contributed by atoms with E-state index in [0.717, 1.165) is 17.5 Å². The first-order chi connectivity index (χ1) is 12.5. The summed E-state index contributed by atoms with van der Waals surface area (Å²) in [6.07, 6.45) is 0. The van der Waals surface area contributed by atoms with Crippen molar-refractivity contribution in [2.75, 3.05) is 23.9 Å². The molecule has 1 amide bonds. The second-order valence-electron chi connectivity index (χ2n) is 5.09. The lowest BCUT2D eigenvalue weighted by Gasteiger charge is -2.07. The van der Waals surface area contributed by atoms with Gasteiger partial charge < -0.3 is 15.0 Å². The van der Waals surface area contributed by atoms with Crippen LogP contribution >= 0.6 is 23.5 Å². The monoisotopic (exact) mass is 393 g/mol. The van der Waals surface area contributed by atoms with Crippen molar-refractivity contribution in [3.63, 3.8) is 0 Å². The Labute approximate surface area is 159 Å². The molecular formula is C17H19N3O4S2. The van der Waals surface area contributed by atoms with Crippen LogP contribution in [0.3, 0.4) is 0 Å². The molecular weight excluding hydrogens is 374 g/mol. The fourth-order valence-corrected chi connectivity index (χ4v) is 3.26. The van der Waals surface area contributed by atoms with Gasteiger partial charge in [-0.15, -0.1) is 0 Å². The van der Waals surface area contributed by atoms with Crippen molar-refractivity contribution in [1.82, 2.24) is 9.97 Å². The van der Waals surface area contributed by atoms with Gasteiger partial charge >= 0.3 is 5.97 Å². The van der Waals surface area contributed by atoms with Gasteiger partial charge in [0.25, 0.3) is 5.56 Å². The molecule has 0 aliphatic carbocycles. The van der Waals surface area contributed by atoms with Gasteiger partial charge in [0.15, 0.2) is 5.16 Å². The van der Waals surface area contributed by atoms with Crippen molar-refractivity contribution in [3.8, 4) is 0 Å². The molecule has 2 N–H and O–H groups in total. The highest BCUT2D eigenvalue weighted by atomic mass is 32.2. The predicted molar refractivity (Wildman–Crippen MR) is 104 cm³/mol. The third-order valence-electron chi connectivity index (χ3n) is 3.13. The Kier molecular flexibility index (Phi) is 7.73. The number of hydrogen-bond acceptors (Lipinski definition) is 7. The summed E-state index contributed by atoms with van der Waals surface area (Å²) in [5.41, 5.74) is 1.30. The van der Waals surface area contributed by atoms with Crippen molar-refractivity contribution in [1.29, 1.82) is 0 Å². The Morgan fingerprint density at radius 2 is 2.12 bits per heavy atom. The van der Waals surface area contributed by atoms with E-state index in [2.05, 4.69) is 20.0 Å². The lowest BCUT2D eigenvalue weighted by Crippen LogP contribution is -2.16. The first-order valence-corrected chi connectivity index (χ1v) is 9.95. The van der Waals surface area contributed by atoms with Crippen molar-refractivity contribution in [2.45, 2.75) is 17.8 Å². The van der Waals surface area contributed by atoms with Crippen LogP contribution in [0.5, 0.6) is 0 Å². The minimum Gasteiger partial charge on any atom is -0.465 e. The third-order valence-corrected chi connectivity index (χ3v) is 4.92. The van der Waals surface area contributed by atoms with Crippen LogP contribution in [0, 0.1) is 0 Å². The summed E-state index contributed by atoms with van der Waals surface area (Å²) in [6.45, 7) is 2.03. The maximum absolute atomic E-state index is 12.1. The molecule has 0 atom stereocenters. The Morgan fingerprint density at radius 1 is 1.31 bits per heavy atom. The van der Waals surface area contributed by atoms with Gasteiger partial charge in [-0.05, 0) is 24.0 Å². The molecule has 9 heteroatoms. The summed E-state index contributed by atoms with van der Waals surface area (Å²) in [5, 5.41) is 3.11. The van der Waals surface area contributed by atoms with E-state index in [1.807, 2.05) is 6.92 Å². The van der Waals surface area contributed by atoms with Gasteiger partial charge in [-0.3, -0.25) is 9.59 Å². The Bertz CT molecular complexity index is 839. The zero-order valence-electron chi connectivity index (χ0n) is 14.4. The Balaban J connectivity index is 1.96. The zero-order valence-corrected chi connectivity index (χ0v) is 16.0. The number of anilines is 1. The number of hydrogen-bond donors (Lipinski definition) is 2. The number of amides is 1. The number of ether oxygens (including phenoxy) is 1. The van der Waals surface area contributed by atoms with Crippen LogP contribution in [0.15, 0.2) is 40.3 Å². The zero-order chi connectivity index (χ0) is 18.9. The van der Waals surface area contributed by atoms with E-state index in [0.29, 0.717) is 27.9 Å². The van der Waals surface area contributed by atoms with E-state index in [4.69, 9.17) is 0 Å². The molecule has 1 aromatic heterocycles. The molecule has 0 unspecified atom stereocenters. The molecule has 0 aliphatic rings. The van der Waals surface area contributed by atoms with Crippen molar-refractivity contribution in [2.24, 2.45) is 0 Å². The quantitative estimate of drug-likeness (QED) is 0.404. The van der Waals surface area contributed by atoms with Gasteiger partial charge in [0.2, 0.25) is 5.91 Å². The van der Waals surface area contributed by atoms with Gasteiger partial charge in [0.05, 0.1) is 24.1 Å². The van der Waals surface area contributed by atoms with E-state index in [-0.39, 0.29) is 17.2 Å². The van der Waals surface area contributed by atoms with Crippen LogP contribution in [0.1, 0.15) is 23.0 Å². The van der Waals surface area contributed by atoms with Gasteiger partial charge in [-0.2, -0.15) is 11.8 Å². The van der Waals surface area contributed by atoms with E-state index >= 15 is 0 Å². The number of benzene rings is 1. The number of H-pyrrole nitrogens is 1. The average Bonchev–Trinajstić information content (AvgIpc) is 2.64. The summed E-state index contributed by atoms with van der Waals surface area (Å²) in [7, 11) is 1.30. The minimum absolute atomic E-state index is 0.0791. The fraction of sp³-hybridized carbons (Fsp3) is 0.294. The predicted octanol–water partition coefficient (Wildman–Crippen LogP) is 2.54. The molecule has 138 valence electrons. The summed E-state index contributed by atoms with van der Waals surface area (Å²) < 4.78 is 4.65. The highest BCUT2D eigenvalue weighted by Crippen LogP contribution is 2.16. The standard InChI is InChI=1S/C17H19N3O4S2/c1-3-25-9-13-8-14(21)20-17(19-13)26-10-15(22)18-12-6-4-5-11(7-12)16(23)24-2/h4-8H,3,9-10H2,1-2H3,(H,18,22)(H,19,20,21). The summed E-state index contributed by atoms with van der Waals surface area (Å²) in [6, 6.07) is 7.94. The maximum Gasteiger partial charge on any atom is 0.337 e. The van der Waals surface area contributed by atoms with E-state index in [9.17, 15) is 14.4 Å². The van der Waals surface area contributed by atoms with Crippen LogP contribution < -0.4 is 10.9 Å². The normalized spacial score (nSPS) is 10.4. The lowest BCUT2D eigenvalue weighted by molar-refractivity contribution is -0.113. The van der Waals surface area contributed by atoms with E-state index < -0.39 is 5.97 Å². The van der Waals surface area contributed by atoms with Gasteiger partial charge in [0, 0.05) is 17.5 Å². The third kappa shape index (κ3) is 6.23. The highest BCUT2D eigenvalue weighted by molar-refractivity contribution is 7.99. The Morgan fingerprint density at radius 3 is 2.85 bits per heavy atom. The molecule has 0 aliphatic heterocycles. The number of carbonyl (C=O) groups is 2. The van der Waals surface area contributed by atoms with Crippen LogP contribution in [-0.2, 0) is 15.3 Å². The number of nitrogens with zero attached hydrogens (tertiary/aromatic N) is 1. The summed E-state index contributed by atoms with van der Waals surface area (Å²) >= 11 is 2.81. The molecule has 2 rings (SSSR count). The largest absolute Gasteiger partial charge is 0.465 e. The van der Waals surface area contributed by atoms with Gasteiger partial charge in [0.1, 0.15) is 0 Å². The number of nitrogens with one attached hydrogen (secondary N) is 2. The van der Waals surface area contributed by atoms with Crippen LogP contribution in [0.4, 0.5) is 5.69 Å². The van der Waals surface area contributed by atoms with Crippen molar-refractivity contribution in [3.05, 3.63) is 51.9 Å². The molecule has 7 nitrogen and oxygen atoms in total. The second-order valence-corrected chi connectivity index (χ2v) is 7.33. The summed E-state index contributed by atoms with van der Waals surface area (Å²) in [4.78, 5) is 42.3. The summed E-state index contributed by atoms with van der Waals surface area (Å²) in [5.74, 6) is 0.923. The molecule has 0 saturated heterocycles. The van der Waals surface area contributed by atoms with Crippen molar-refractivity contribution < 1.29 is 14.3 Å². The Hall–Kier alpha value is -2.26. The number of thioether (sulfide) groups is 2. The topological polar surface area (TPSA) is 101 Å². The number of esters is 1. The number of rotatable bonds is 8. The van der Waals surface area contributed by atoms with E-state index in [1.165, 1.54) is 19.2 Å². The molecule has 0 fully saturated rings. The molecule has 2 aromatic rings. The number of aromatic amines is 1. The molecule has 26 heavy (non-hydrogen) atoms.